The van der Waals surface area contributed by atoms with Crippen molar-refractivity contribution < 1.29 is 18.4 Å². The molecule has 0 bridgehead atoms. The Labute approximate surface area is 226 Å². The van der Waals surface area contributed by atoms with E-state index in [0.29, 0.717) is 27.8 Å². The van der Waals surface area contributed by atoms with Crippen LogP contribution in [0.5, 0.6) is 0 Å². The van der Waals surface area contributed by atoms with Crippen LogP contribution in [0, 0.1) is 11.6 Å². The molecule has 1 saturated carbocycles. The van der Waals surface area contributed by atoms with Crippen molar-refractivity contribution in [2.24, 2.45) is 0 Å². The summed E-state index contributed by atoms with van der Waals surface area (Å²) < 4.78 is 32.3. The Balaban J connectivity index is 1.50. The van der Waals surface area contributed by atoms with Gasteiger partial charge in [0.25, 0.3) is 5.91 Å². The van der Waals surface area contributed by atoms with Crippen molar-refractivity contribution in [3.63, 3.8) is 0 Å². The highest BCUT2D eigenvalue weighted by Gasteiger charge is 2.49. The Morgan fingerprint density at radius 2 is 1.69 bits per heavy atom. The van der Waals surface area contributed by atoms with Crippen molar-refractivity contribution in [3.8, 4) is 5.69 Å². The number of hydrogen-bond acceptors (Lipinski definition) is 2. The Bertz CT molecular complexity index is 1540. The zero-order valence-electron chi connectivity index (χ0n) is 22.0. The largest absolute Gasteiger partial charge is 0.351 e. The van der Waals surface area contributed by atoms with E-state index in [1.165, 1.54) is 24.3 Å². The van der Waals surface area contributed by atoms with E-state index >= 15 is 0 Å². The molecule has 2 aliphatic rings. The van der Waals surface area contributed by atoms with Gasteiger partial charge >= 0.3 is 0 Å². The summed E-state index contributed by atoms with van der Waals surface area (Å²) in [6.07, 6.45) is 9.89. The first-order valence-electron chi connectivity index (χ1n) is 13.7. The van der Waals surface area contributed by atoms with E-state index in [9.17, 15) is 18.4 Å². The summed E-state index contributed by atoms with van der Waals surface area (Å²) in [5, 5.41) is 3.85. The van der Waals surface area contributed by atoms with Gasteiger partial charge in [-0.3, -0.25) is 9.59 Å². The average molecular weight is 531 g/mol. The Hall–Kier alpha value is -3.94. The number of carbonyl (C=O) groups excluding carboxylic acids is 2. The highest BCUT2D eigenvalue weighted by molar-refractivity contribution is 6.09. The van der Waals surface area contributed by atoms with E-state index in [4.69, 9.17) is 0 Å². The van der Waals surface area contributed by atoms with Crippen LogP contribution in [0.15, 0.2) is 67.0 Å². The third kappa shape index (κ3) is 4.51. The van der Waals surface area contributed by atoms with Crippen LogP contribution in [0.25, 0.3) is 16.6 Å². The van der Waals surface area contributed by atoms with Gasteiger partial charge in [0.2, 0.25) is 5.91 Å². The number of benzene rings is 2. The summed E-state index contributed by atoms with van der Waals surface area (Å²) in [5.74, 6) is -1.39. The normalized spacial score (nSPS) is 20.2. The number of nitrogens with zero attached hydrogens (tertiary/aromatic N) is 3. The summed E-state index contributed by atoms with van der Waals surface area (Å²) in [6.45, 7) is 2.03. The fraction of sp³-hybridized carbons (Fsp3) is 0.355. The first-order valence-corrected chi connectivity index (χ1v) is 13.7. The molecule has 1 aliphatic heterocycles. The van der Waals surface area contributed by atoms with E-state index < -0.39 is 17.2 Å². The molecule has 0 radical (unpaired) electrons. The zero-order chi connectivity index (χ0) is 27.1. The standard InChI is InChI=1S/C31H32F2N4O2/c1-31(30(39)34-24-11-4-2-3-5-12-24)20-36-26-14-13-23(33)18-25(26)27(35-15-6-7-16-35)28(36)29(38)37(31)19-21-9-8-10-22(32)17-21/h6-10,13-18,24H,2-5,11-12,19-20H2,1H3,(H,34,39)/t31-/m1/s1. The topological polar surface area (TPSA) is 59.3 Å². The number of rotatable bonds is 5. The fourth-order valence-corrected chi connectivity index (χ4v) is 6.20. The molecule has 1 fully saturated rings. The van der Waals surface area contributed by atoms with Gasteiger partial charge in [0, 0.05) is 30.4 Å². The van der Waals surface area contributed by atoms with Gasteiger partial charge < -0.3 is 19.4 Å². The highest BCUT2D eigenvalue weighted by Crippen LogP contribution is 2.39. The van der Waals surface area contributed by atoms with Crippen LogP contribution < -0.4 is 5.32 Å². The second-order valence-corrected chi connectivity index (χ2v) is 11.0. The smallest absolute Gasteiger partial charge is 0.273 e. The van der Waals surface area contributed by atoms with Crippen LogP contribution in [0.3, 0.4) is 0 Å². The van der Waals surface area contributed by atoms with Gasteiger partial charge in [-0.2, -0.15) is 0 Å². The number of halogens is 2. The molecule has 2 aromatic carbocycles. The van der Waals surface area contributed by atoms with Crippen LogP contribution in [0.1, 0.15) is 61.5 Å². The predicted octanol–water partition coefficient (Wildman–Crippen LogP) is 5.96. The molecule has 1 N–H and O–H groups in total. The molecule has 2 aromatic heterocycles. The molecule has 6 nitrogen and oxygen atoms in total. The molecule has 0 saturated heterocycles. The summed E-state index contributed by atoms with van der Waals surface area (Å²) in [6, 6.07) is 14.3. The molecular formula is C31H32F2N4O2. The zero-order valence-corrected chi connectivity index (χ0v) is 22.0. The van der Waals surface area contributed by atoms with Crippen LogP contribution in [-0.4, -0.2) is 37.4 Å². The highest BCUT2D eigenvalue weighted by atomic mass is 19.1. The van der Waals surface area contributed by atoms with Crippen molar-refractivity contribution >= 4 is 22.7 Å². The van der Waals surface area contributed by atoms with Gasteiger partial charge in [-0.1, -0.05) is 37.8 Å². The first-order chi connectivity index (χ1) is 18.8. The minimum absolute atomic E-state index is 0.0512. The molecule has 2 amide bonds. The van der Waals surface area contributed by atoms with E-state index in [2.05, 4.69) is 5.32 Å². The first kappa shape index (κ1) is 25.3. The molecule has 1 aliphatic carbocycles. The van der Waals surface area contributed by atoms with Crippen LogP contribution >= 0.6 is 0 Å². The Morgan fingerprint density at radius 3 is 2.41 bits per heavy atom. The molecular weight excluding hydrogens is 498 g/mol. The van der Waals surface area contributed by atoms with Crippen molar-refractivity contribution in [1.29, 1.82) is 0 Å². The average Bonchev–Trinajstić information content (AvgIpc) is 3.45. The molecule has 4 aromatic rings. The molecule has 8 heteroatoms. The van der Waals surface area contributed by atoms with Crippen molar-refractivity contribution in [1.82, 2.24) is 19.4 Å². The van der Waals surface area contributed by atoms with E-state index in [-0.39, 0.29) is 30.9 Å². The second-order valence-electron chi connectivity index (χ2n) is 11.0. The SMILES string of the molecule is C[C@]1(C(=O)NC2CCCCCC2)Cn2c(c(-n3cccc3)c3cc(F)ccc32)C(=O)N1Cc1cccc(F)c1. The van der Waals surface area contributed by atoms with Crippen molar-refractivity contribution in [2.45, 2.75) is 70.1 Å². The number of aromatic nitrogens is 2. The molecule has 6 rings (SSSR count). The lowest BCUT2D eigenvalue weighted by molar-refractivity contribution is -0.134. The van der Waals surface area contributed by atoms with Crippen LogP contribution in [-0.2, 0) is 17.9 Å². The van der Waals surface area contributed by atoms with E-state index in [1.54, 1.807) is 34.6 Å². The van der Waals surface area contributed by atoms with Gasteiger partial charge in [0.1, 0.15) is 22.9 Å². The van der Waals surface area contributed by atoms with Crippen LogP contribution in [0.2, 0.25) is 0 Å². The lowest BCUT2D eigenvalue weighted by atomic mass is 9.92. The van der Waals surface area contributed by atoms with Crippen molar-refractivity contribution in [3.05, 3.63) is 89.9 Å². The maximum atomic E-state index is 14.5. The molecule has 0 unspecified atom stereocenters. The van der Waals surface area contributed by atoms with Crippen LogP contribution in [0.4, 0.5) is 8.78 Å². The van der Waals surface area contributed by atoms with Crippen molar-refractivity contribution in [2.75, 3.05) is 0 Å². The number of hydrogen-bond donors (Lipinski definition) is 1. The van der Waals surface area contributed by atoms with Gasteiger partial charge in [-0.25, -0.2) is 8.78 Å². The molecule has 202 valence electrons. The monoisotopic (exact) mass is 530 g/mol. The van der Waals surface area contributed by atoms with Gasteiger partial charge in [0.05, 0.1) is 17.7 Å². The lowest BCUT2D eigenvalue weighted by Gasteiger charge is -2.45. The Kier molecular flexibility index (Phi) is 6.49. The summed E-state index contributed by atoms with van der Waals surface area (Å²) >= 11 is 0. The maximum absolute atomic E-state index is 14.5. The minimum Gasteiger partial charge on any atom is -0.351 e. The predicted molar refractivity (Wildman–Crippen MR) is 146 cm³/mol. The van der Waals surface area contributed by atoms with E-state index in [0.717, 1.165) is 38.5 Å². The summed E-state index contributed by atoms with van der Waals surface area (Å²) in [5.41, 5.74) is 0.965. The molecule has 0 spiro atoms. The molecule has 3 heterocycles. The summed E-state index contributed by atoms with van der Waals surface area (Å²) in [4.78, 5) is 30.1. The number of nitrogens with one attached hydrogen (secondary N) is 1. The third-order valence-corrected chi connectivity index (χ3v) is 8.28. The second kappa shape index (κ2) is 9.98. The molecule has 1 atom stereocenters. The number of carbonyl (C=O) groups is 2. The minimum atomic E-state index is -1.25. The maximum Gasteiger partial charge on any atom is 0.273 e. The van der Waals surface area contributed by atoms with Gasteiger partial charge in [-0.05, 0) is 67.8 Å². The number of fused-ring (bicyclic) bond motifs is 3. The number of amides is 2. The lowest BCUT2D eigenvalue weighted by Crippen LogP contribution is -2.64. The summed E-state index contributed by atoms with van der Waals surface area (Å²) in [7, 11) is 0. The van der Waals surface area contributed by atoms with E-state index in [1.807, 2.05) is 29.1 Å². The van der Waals surface area contributed by atoms with Gasteiger partial charge in [-0.15, -0.1) is 0 Å². The van der Waals surface area contributed by atoms with Gasteiger partial charge in [0.15, 0.2) is 0 Å². The molecule has 39 heavy (non-hydrogen) atoms. The quantitative estimate of drug-likeness (QED) is 0.324. The Morgan fingerprint density at radius 1 is 0.974 bits per heavy atom. The third-order valence-electron chi connectivity index (χ3n) is 8.28. The fourth-order valence-electron chi connectivity index (χ4n) is 6.20.